The fourth-order valence-electron chi connectivity index (χ4n) is 3.97. The van der Waals surface area contributed by atoms with Crippen LogP contribution in [0.3, 0.4) is 0 Å². The number of rotatable bonds is 8. The lowest BCUT2D eigenvalue weighted by Crippen LogP contribution is -2.47. The molecule has 4 rings (SSSR count). The van der Waals surface area contributed by atoms with Crippen LogP contribution in [-0.2, 0) is 11.2 Å². The quantitative estimate of drug-likeness (QED) is 0.453. The van der Waals surface area contributed by atoms with Crippen molar-refractivity contribution in [2.24, 2.45) is 0 Å². The highest BCUT2D eigenvalue weighted by Crippen LogP contribution is 2.34. The Morgan fingerprint density at radius 1 is 1.15 bits per heavy atom. The minimum Gasteiger partial charge on any atom is -0.491 e. The minimum absolute atomic E-state index is 0.0493. The van der Waals surface area contributed by atoms with E-state index in [0.29, 0.717) is 17.9 Å². The number of halogens is 1. The third kappa shape index (κ3) is 5.31. The molecular weight excluding hydrogens is 439 g/mol. The molecule has 2 amide bonds. The number of ether oxygens (including phenoxy) is 1. The van der Waals surface area contributed by atoms with Gasteiger partial charge in [-0.2, -0.15) is 0 Å². The van der Waals surface area contributed by atoms with Crippen LogP contribution in [0.5, 0.6) is 5.75 Å². The number of benzene rings is 2. The summed E-state index contributed by atoms with van der Waals surface area (Å²) in [5.74, 6) is -0.150. The van der Waals surface area contributed by atoms with Gasteiger partial charge in [-0.25, -0.2) is 4.39 Å². The number of amides is 2. The highest BCUT2D eigenvalue weighted by molar-refractivity contribution is 7.10. The summed E-state index contributed by atoms with van der Waals surface area (Å²) in [6.45, 7) is 4.75. The first-order chi connectivity index (χ1) is 16.1. The van der Waals surface area contributed by atoms with E-state index in [2.05, 4.69) is 6.58 Å². The number of carbonyl (C=O) groups excluding carboxylic acids is 2. The van der Waals surface area contributed by atoms with Crippen LogP contribution in [-0.4, -0.2) is 47.9 Å². The van der Waals surface area contributed by atoms with Gasteiger partial charge in [0.25, 0.3) is 5.91 Å². The first-order valence-corrected chi connectivity index (χ1v) is 11.6. The number of thiophene rings is 1. The molecule has 0 aliphatic carbocycles. The first kappa shape index (κ1) is 22.7. The average Bonchev–Trinajstić information content (AvgIpc) is 3.32. The standard InChI is InChI=1S/C26H25FN2O3S/c1-2-14-28(26(31)19-6-4-3-5-7-19)17-25(30)29-15-12-24-22(13-16-33-24)23(29)18-32-21-10-8-20(27)9-11-21/h2-11,13,16,23H,1,12,14-15,17-18H2/t23-/m1/s1. The molecule has 1 aliphatic rings. The van der Waals surface area contributed by atoms with Crippen LogP contribution in [0, 0.1) is 5.82 Å². The van der Waals surface area contributed by atoms with Crippen LogP contribution in [0.4, 0.5) is 4.39 Å². The maximum atomic E-state index is 13.4. The lowest BCUT2D eigenvalue weighted by Gasteiger charge is -2.37. The second-order valence-corrected chi connectivity index (χ2v) is 8.76. The summed E-state index contributed by atoms with van der Waals surface area (Å²) < 4.78 is 19.2. The van der Waals surface area contributed by atoms with Crippen molar-refractivity contribution in [1.29, 1.82) is 0 Å². The van der Waals surface area contributed by atoms with Gasteiger partial charge in [0.1, 0.15) is 24.7 Å². The minimum atomic E-state index is -0.331. The van der Waals surface area contributed by atoms with Crippen LogP contribution in [0.15, 0.2) is 78.7 Å². The Balaban J connectivity index is 1.51. The zero-order chi connectivity index (χ0) is 23.2. The van der Waals surface area contributed by atoms with Crippen LogP contribution in [0.2, 0.25) is 0 Å². The Labute approximate surface area is 196 Å². The Morgan fingerprint density at radius 3 is 2.64 bits per heavy atom. The molecule has 2 heterocycles. The van der Waals surface area contributed by atoms with E-state index < -0.39 is 0 Å². The largest absolute Gasteiger partial charge is 0.491 e. The van der Waals surface area contributed by atoms with Crippen molar-refractivity contribution in [2.75, 3.05) is 26.2 Å². The summed E-state index contributed by atoms with van der Waals surface area (Å²) in [4.78, 5) is 30.9. The summed E-state index contributed by atoms with van der Waals surface area (Å²) in [6.07, 6.45) is 2.39. The Hall–Kier alpha value is -3.45. The molecule has 1 aliphatic heterocycles. The van der Waals surface area contributed by atoms with E-state index in [0.717, 1.165) is 12.0 Å². The zero-order valence-corrected chi connectivity index (χ0v) is 19.0. The highest BCUT2D eigenvalue weighted by Gasteiger charge is 2.33. The Kier molecular flexibility index (Phi) is 7.19. The van der Waals surface area contributed by atoms with Crippen LogP contribution in [0.25, 0.3) is 0 Å². The van der Waals surface area contributed by atoms with Gasteiger partial charge in [-0.05, 0) is 59.8 Å². The van der Waals surface area contributed by atoms with Gasteiger partial charge < -0.3 is 14.5 Å². The molecule has 7 heteroatoms. The SMILES string of the molecule is C=CCN(CC(=O)N1CCc2sccc2[C@H]1COc1ccc(F)cc1)C(=O)c1ccccc1. The molecule has 0 fully saturated rings. The molecule has 0 spiro atoms. The van der Waals surface area contributed by atoms with E-state index >= 15 is 0 Å². The van der Waals surface area contributed by atoms with Crippen molar-refractivity contribution in [3.8, 4) is 5.75 Å². The van der Waals surface area contributed by atoms with Crippen molar-refractivity contribution < 1.29 is 18.7 Å². The summed E-state index contributed by atoms with van der Waals surface area (Å²) >= 11 is 1.67. The van der Waals surface area contributed by atoms with E-state index in [1.54, 1.807) is 58.7 Å². The maximum absolute atomic E-state index is 13.4. The van der Waals surface area contributed by atoms with Crippen molar-refractivity contribution in [2.45, 2.75) is 12.5 Å². The van der Waals surface area contributed by atoms with Crippen LogP contribution >= 0.6 is 11.3 Å². The predicted octanol–water partition coefficient (Wildman–Crippen LogP) is 4.72. The molecule has 0 saturated heterocycles. The molecule has 5 nitrogen and oxygen atoms in total. The topological polar surface area (TPSA) is 49.9 Å². The van der Waals surface area contributed by atoms with Gasteiger partial charge in [0.2, 0.25) is 5.91 Å². The molecule has 170 valence electrons. The van der Waals surface area contributed by atoms with Gasteiger partial charge in [-0.15, -0.1) is 17.9 Å². The third-order valence-corrected chi connectivity index (χ3v) is 6.62. The number of carbonyl (C=O) groups is 2. The second kappa shape index (κ2) is 10.4. The van der Waals surface area contributed by atoms with Gasteiger partial charge in [0, 0.05) is 23.5 Å². The lowest BCUT2D eigenvalue weighted by atomic mass is 10.0. The van der Waals surface area contributed by atoms with Crippen molar-refractivity contribution in [3.05, 3.63) is 101 Å². The van der Waals surface area contributed by atoms with E-state index in [4.69, 9.17) is 4.74 Å². The normalized spacial score (nSPS) is 14.9. The molecule has 1 aromatic heterocycles. The maximum Gasteiger partial charge on any atom is 0.254 e. The summed E-state index contributed by atoms with van der Waals surface area (Å²) in [6, 6.07) is 16.5. The van der Waals surface area contributed by atoms with Crippen LogP contribution in [0.1, 0.15) is 26.8 Å². The zero-order valence-electron chi connectivity index (χ0n) is 18.2. The smallest absolute Gasteiger partial charge is 0.254 e. The van der Waals surface area contributed by atoms with Gasteiger partial charge >= 0.3 is 0 Å². The van der Waals surface area contributed by atoms with Crippen molar-refractivity contribution in [1.82, 2.24) is 9.80 Å². The van der Waals surface area contributed by atoms with Gasteiger partial charge in [-0.3, -0.25) is 9.59 Å². The van der Waals surface area contributed by atoms with E-state index in [-0.39, 0.29) is 43.4 Å². The molecule has 1 atom stereocenters. The Morgan fingerprint density at radius 2 is 1.91 bits per heavy atom. The monoisotopic (exact) mass is 464 g/mol. The molecular formula is C26H25FN2O3S. The number of nitrogens with zero attached hydrogens (tertiary/aromatic N) is 2. The molecule has 0 saturated carbocycles. The van der Waals surface area contributed by atoms with E-state index in [1.165, 1.54) is 21.9 Å². The second-order valence-electron chi connectivity index (χ2n) is 7.76. The summed E-state index contributed by atoms with van der Waals surface area (Å²) in [7, 11) is 0. The fourth-order valence-corrected chi connectivity index (χ4v) is 4.90. The molecule has 2 aromatic carbocycles. The Bertz CT molecular complexity index is 1110. The first-order valence-electron chi connectivity index (χ1n) is 10.8. The lowest BCUT2D eigenvalue weighted by molar-refractivity contribution is -0.135. The summed E-state index contributed by atoms with van der Waals surface area (Å²) in [5.41, 5.74) is 1.59. The molecule has 33 heavy (non-hydrogen) atoms. The molecule has 0 N–H and O–H groups in total. The molecule has 0 bridgehead atoms. The molecule has 3 aromatic rings. The van der Waals surface area contributed by atoms with Crippen LogP contribution < -0.4 is 4.74 Å². The van der Waals surface area contributed by atoms with Gasteiger partial charge in [0.05, 0.1) is 6.04 Å². The number of hydrogen-bond acceptors (Lipinski definition) is 4. The van der Waals surface area contributed by atoms with E-state index in [9.17, 15) is 14.0 Å². The predicted molar refractivity (Wildman–Crippen MR) is 127 cm³/mol. The van der Waals surface area contributed by atoms with Crippen molar-refractivity contribution >= 4 is 23.2 Å². The average molecular weight is 465 g/mol. The molecule has 0 radical (unpaired) electrons. The van der Waals surface area contributed by atoms with E-state index in [1.807, 2.05) is 17.5 Å². The summed E-state index contributed by atoms with van der Waals surface area (Å²) in [5, 5.41) is 2.02. The number of hydrogen-bond donors (Lipinski definition) is 0. The third-order valence-electron chi connectivity index (χ3n) is 5.62. The molecule has 0 unspecified atom stereocenters. The number of fused-ring (bicyclic) bond motifs is 1. The fraction of sp³-hybridized carbons (Fsp3) is 0.231. The van der Waals surface area contributed by atoms with Gasteiger partial charge in [0.15, 0.2) is 0 Å². The van der Waals surface area contributed by atoms with Crippen molar-refractivity contribution in [3.63, 3.8) is 0 Å². The highest BCUT2D eigenvalue weighted by atomic mass is 32.1. The van der Waals surface area contributed by atoms with Gasteiger partial charge in [-0.1, -0.05) is 24.3 Å².